The van der Waals surface area contributed by atoms with Crippen LogP contribution in [0.4, 0.5) is 0 Å². The summed E-state index contributed by atoms with van der Waals surface area (Å²) in [5.41, 5.74) is 3.71. The van der Waals surface area contributed by atoms with Crippen molar-refractivity contribution in [2.45, 2.75) is 25.7 Å². The lowest BCUT2D eigenvalue weighted by molar-refractivity contribution is 0.251. The van der Waals surface area contributed by atoms with Gasteiger partial charge in [0.05, 0.1) is 6.61 Å². The summed E-state index contributed by atoms with van der Waals surface area (Å²) in [4.78, 5) is 0. The number of benzene rings is 2. The Labute approximate surface area is 123 Å². The second kappa shape index (κ2) is 6.36. The van der Waals surface area contributed by atoms with Crippen molar-refractivity contribution in [2.24, 2.45) is 0 Å². The summed E-state index contributed by atoms with van der Waals surface area (Å²) >= 11 is 3.44. The Kier molecular flexibility index (Phi) is 4.78. The number of halogens is 1. The standard InChI is InChI=1S/C17H19BrO/c1-12-3-5-14(6-4-12)13(2)17(11-19)15-7-9-16(18)10-8-15/h3-10,13,17,19H,11H2,1-2H3/t13-,17-/m1/s1. The van der Waals surface area contributed by atoms with E-state index in [0.29, 0.717) is 5.92 Å². The fourth-order valence-corrected chi connectivity index (χ4v) is 2.63. The van der Waals surface area contributed by atoms with E-state index in [0.717, 1.165) is 4.47 Å². The lowest BCUT2D eigenvalue weighted by Crippen LogP contribution is -2.12. The van der Waals surface area contributed by atoms with Crippen molar-refractivity contribution in [1.82, 2.24) is 0 Å². The second-order valence-corrected chi connectivity index (χ2v) is 5.96. The first kappa shape index (κ1) is 14.3. The van der Waals surface area contributed by atoms with E-state index in [1.807, 2.05) is 12.1 Å². The first-order valence-electron chi connectivity index (χ1n) is 6.54. The molecule has 0 aliphatic carbocycles. The molecule has 100 valence electrons. The molecule has 2 atom stereocenters. The molecule has 0 saturated carbocycles. The third-order valence-electron chi connectivity index (χ3n) is 3.70. The minimum absolute atomic E-state index is 0.135. The average molecular weight is 319 g/mol. The summed E-state index contributed by atoms with van der Waals surface area (Å²) in [6.07, 6.45) is 0. The Morgan fingerprint density at radius 3 is 2.00 bits per heavy atom. The van der Waals surface area contributed by atoms with Crippen LogP contribution >= 0.6 is 15.9 Å². The van der Waals surface area contributed by atoms with Crippen LogP contribution in [-0.2, 0) is 0 Å². The Balaban J connectivity index is 2.26. The molecule has 0 bridgehead atoms. The van der Waals surface area contributed by atoms with Gasteiger partial charge in [0, 0.05) is 10.4 Å². The van der Waals surface area contributed by atoms with E-state index >= 15 is 0 Å². The third kappa shape index (κ3) is 3.46. The fourth-order valence-electron chi connectivity index (χ4n) is 2.36. The number of aliphatic hydroxyl groups is 1. The molecule has 0 radical (unpaired) electrons. The Hall–Kier alpha value is -1.12. The van der Waals surface area contributed by atoms with Crippen molar-refractivity contribution in [2.75, 3.05) is 6.61 Å². The molecule has 0 amide bonds. The van der Waals surface area contributed by atoms with Crippen LogP contribution in [0.1, 0.15) is 35.4 Å². The van der Waals surface area contributed by atoms with Crippen molar-refractivity contribution in [1.29, 1.82) is 0 Å². The number of aryl methyl sites for hydroxylation is 1. The van der Waals surface area contributed by atoms with E-state index in [9.17, 15) is 5.11 Å². The molecule has 2 heteroatoms. The van der Waals surface area contributed by atoms with Gasteiger partial charge in [-0.1, -0.05) is 64.8 Å². The van der Waals surface area contributed by atoms with Gasteiger partial charge in [-0.15, -0.1) is 0 Å². The molecular weight excluding hydrogens is 300 g/mol. The van der Waals surface area contributed by atoms with Gasteiger partial charge in [0.15, 0.2) is 0 Å². The molecule has 2 rings (SSSR count). The maximum Gasteiger partial charge on any atom is 0.0505 e. The van der Waals surface area contributed by atoms with Gasteiger partial charge in [-0.2, -0.15) is 0 Å². The lowest BCUT2D eigenvalue weighted by atomic mass is 9.83. The minimum atomic E-state index is 0.135. The highest BCUT2D eigenvalue weighted by atomic mass is 79.9. The Morgan fingerprint density at radius 1 is 0.947 bits per heavy atom. The molecule has 0 aliphatic rings. The van der Waals surface area contributed by atoms with Gasteiger partial charge in [-0.3, -0.25) is 0 Å². The zero-order valence-corrected chi connectivity index (χ0v) is 12.9. The molecular formula is C17H19BrO. The smallest absolute Gasteiger partial charge is 0.0505 e. The van der Waals surface area contributed by atoms with Crippen molar-refractivity contribution in [3.05, 3.63) is 69.7 Å². The van der Waals surface area contributed by atoms with Crippen molar-refractivity contribution < 1.29 is 5.11 Å². The third-order valence-corrected chi connectivity index (χ3v) is 4.23. The molecule has 2 aromatic rings. The highest BCUT2D eigenvalue weighted by molar-refractivity contribution is 9.10. The molecule has 0 aromatic heterocycles. The first-order chi connectivity index (χ1) is 9.11. The lowest BCUT2D eigenvalue weighted by Gasteiger charge is -2.23. The monoisotopic (exact) mass is 318 g/mol. The maximum atomic E-state index is 9.72. The van der Waals surface area contributed by atoms with E-state index in [-0.39, 0.29) is 12.5 Å². The summed E-state index contributed by atoms with van der Waals surface area (Å²) in [5, 5.41) is 9.72. The number of aliphatic hydroxyl groups excluding tert-OH is 1. The molecule has 0 aliphatic heterocycles. The van der Waals surface area contributed by atoms with Gasteiger partial charge in [-0.25, -0.2) is 0 Å². The highest BCUT2D eigenvalue weighted by Gasteiger charge is 2.20. The molecule has 0 heterocycles. The molecule has 1 N–H and O–H groups in total. The van der Waals surface area contributed by atoms with Crippen LogP contribution in [0.5, 0.6) is 0 Å². The second-order valence-electron chi connectivity index (χ2n) is 5.04. The van der Waals surface area contributed by atoms with Crippen molar-refractivity contribution in [3.63, 3.8) is 0 Å². The van der Waals surface area contributed by atoms with Crippen LogP contribution in [0, 0.1) is 6.92 Å². The van der Waals surface area contributed by atoms with Gasteiger partial charge < -0.3 is 5.11 Å². The van der Waals surface area contributed by atoms with Crippen LogP contribution in [0.25, 0.3) is 0 Å². The fraction of sp³-hybridized carbons (Fsp3) is 0.294. The van der Waals surface area contributed by atoms with E-state index in [1.165, 1.54) is 16.7 Å². The molecule has 1 nitrogen and oxygen atoms in total. The molecule has 0 saturated heterocycles. The topological polar surface area (TPSA) is 20.2 Å². The normalized spacial score (nSPS) is 14.1. The van der Waals surface area contributed by atoms with Crippen LogP contribution < -0.4 is 0 Å². The van der Waals surface area contributed by atoms with Gasteiger partial charge in [0.25, 0.3) is 0 Å². The van der Waals surface area contributed by atoms with Crippen LogP contribution in [-0.4, -0.2) is 11.7 Å². The van der Waals surface area contributed by atoms with Gasteiger partial charge in [0.1, 0.15) is 0 Å². The maximum absolute atomic E-state index is 9.72. The zero-order valence-electron chi connectivity index (χ0n) is 11.3. The largest absolute Gasteiger partial charge is 0.396 e. The van der Waals surface area contributed by atoms with E-state index in [1.54, 1.807) is 0 Å². The first-order valence-corrected chi connectivity index (χ1v) is 7.34. The molecule has 0 fully saturated rings. The predicted octanol–water partition coefficient (Wildman–Crippen LogP) is 4.64. The quantitative estimate of drug-likeness (QED) is 0.870. The van der Waals surface area contributed by atoms with E-state index in [2.05, 4.69) is 66.2 Å². The van der Waals surface area contributed by atoms with Crippen molar-refractivity contribution in [3.8, 4) is 0 Å². The highest BCUT2D eigenvalue weighted by Crippen LogP contribution is 2.33. The van der Waals surface area contributed by atoms with Gasteiger partial charge in [0.2, 0.25) is 0 Å². The molecule has 19 heavy (non-hydrogen) atoms. The summed E-state index contributed by atoms with van der Waals surface area (Å²) in [6.45, 7) is 4.43. The number of rotatable bonds is 4. The Bertz CT molecular complexity index is 516. The zero-order chi connectivity index (χ0) is 13.8. The van der Waals surface area contributed by atoms with E-state index in [4.69, 9.17) is 0 Å². The van der Waals surface area contributed by atoms with Crippen LogP contribution in [0.3, 0.4) is 0 Å². The Morgan fingerprint density at radius 2 is 1.47 bits per heavy atom. The predicted molar refractivity (Wildman–Crippen MR) is 83.6 cm³/mol. The minimum Gasteiger partial charge on any atom is -0.396 e. The van der Waals surface area contributed by atoms with Crippen LogP contribution in [0.15, 0.2) is 53.0 Å². The summed E-state index contributed by atoms with van der Waals surface area (Å²) < 4.78 is 1.07. The SMILES string of the molecule is Cc1ccc([C@@H](C)[C@@H](CO)c2ccc(Br)cc2)cc1. The average Bonchev–Trinajstić information content (AvgIpc) is 2.42. The molecule has 0 unspecified atom stereocenters. The van der Waals surface area contributed by atoms with E-state index < -0.39 is 0 Å². The molecule has 0 spiro atoms. The molecule has 2 aromatic carbocycles. The van der Waals surface area contributed by atoms with Crippen molar-refractivity contribution >= 4 is 15.9 Å². The van der Waals surface area contributed by atoms with Gasteiger partial charge >= 0.3 is 0 Å². The van der Waals surface area contributed by atoms with Crippen LogP contribution in [0.2, 0.25) is 0 Å². The summed E-state index contributed by atoms with van der Waals surface area (Å²) in [5.74, 6) is 0.433. The summed E-state index contributed by atoms with van der Waals surface area (Å²) in [6, 6.07) is 16.8. The summed E-state index contributed by atoms with van der Waals surface area (Å²) in [7, 11) is 0. The number of hydrogen-bond acceptors (Lipinski definition) is 1. The van der Waals surface area contributed by atoms with Gasteiger partial charge in [-0.05, 0) is 36.1 Å². The number of hydrogen-bond donors (Lipinski definition) is 1.